The molecule has 0 fully saturated rings. The fourth-order valence-corrected chi connectivity index (χ4v) is 3.36. The van der Waals surface area contributed by atoms with Crippen LogP contribution in [0.15, 0.2) is 41.3 Å². The number of rotatable bonds is 4. The van der Waals surface area contributed by atoms with E-state index < -0.39 is 25.5 Å². The van der Waals surface area contributed by atoms with Gasteiger partial charge in [0.2, 0.25) is 0 Å². The van der Waals surface area contributed by atoms with Crippen molar-refractivity contribution in [2.45, 2.75) is 18.7 Å². The molecule has 6 nitrogen and oxygen atoms in total. The van der Waals surface area contributed by atoms with Crippen molar-refractivity contribution in [3.05, 3.63) is 62.7 Å². The first-order chi connectivity index (χ1) is 10.2. The van der Waals surface area contributed by atoms with Crippen LogP contribution in [0.3, 0.4) is 0 Å². The number of nitrogens with one attached hydrogen (secondary N) is 1. The maximum atomic E-state index is 12.4. The van der Waals surface area contributed by atoms with Crippen molar-refractivity contribution in [1.29, 1.82) is 0 Å². The van der Waals surface area contributed by atoms with Crippen LogP contribution in [0.1, 0.15) is 11.1 Å². The molecule has 2 aromatic rings. The van der Waals surface area contributed by atoms with Gasteiger partial charge in [0.15, 0.2) is 4.90 Å². The standard InChI is InChI=1S/C14H13ClN2O4S/c1-9-4-3-5-12(10(9)2)16-22(20,21)14-7-6-11(15)8-13(14)17(18)19/h3-8,16H,1-2H3. The molecular formula is C14H13ClN2O4S. The molecule has 0 spiro atoms. The Hall–Kier alpha value is -2.12. The number of nitro groups is 1. The molecule has 2 rings (SSSR count). The van der Waals surface area contributed by atoms with Gasteiger partial charge in [-0.25, -0.2) is 8.42 Å². The van der Waals surface area contributed by atoms with Gasteiger partial charge in [-0.1, -0.05) is 23.7 Å². The van der Waals surface area contributed by atoms with E-state index in [0.29, 0.717) is 5.69 Å². The highest BCUT2D eigenvalue weighted by Crippen LogP contribution is 2.29. The average Bonchev–Trinajstić information content (AvgIpc) is 2.43. The third-order valence-electron chi connectivity index (χ3n) is 3.26. The zero-order valence-electron chi connectivity index (χ0n) is 11.8. The molecule has 116 valence electrons. The lowest BCUT2D eigenvalue weighted by atomic mass is 10.1. The number of hydrogen-bond donors (Lipinski definition) is 1. The number of hydrogen-bond acceptors (Lipinski definition) is 4. The van der Waals surface area contributed by atoms with Crippen molar-refractivity contribution < 1.29 is 13.3 Å². The predicted octanol–water partition coefficient (Wildman–Crippen LogP) is 3.67. The van der Waals surface area contributed by atoms with Crippen LogP contribution in [0.25, 0.3) is 0 Å². The van der Waals surface area contributed by atoms with Crippen molar-refractivity contribution in [2.24, 2.45) is 0 Å². The Balaban J connectivity index is 2.52. The summed E-state index contributed by atoms with van der Waals surface area (Å²) in [5.41, 5.74) is 1.48. The number of aryl methyl sites for hydroxylation is 1. The summed E-state index contributed by atoms with van der Waals surface area (Å²) in [6.45, 7) is 3.61. The van der Waals surface area contributed by atoms with Crippen molar-refractivity contribution in [3.8, 4) is 0 Å². The van der Waals surface area contributed by atoms with Crippen molar-refractivity contribution in [2.75, 3.05) is 4.72 Å². The van der Waals surface area contributed by atoms with E-state index >= 15 is 0 Å². The molecule has 0 aliphatic rings. The van der Waals surface area contributed by atoms with Crippen molar-refractivity contribution in [3.63, 3.8) is 0 Å². The molecule has 0 saturated carbocycles. The summed E-state index contributed by atoms with van der Waals surface area (Å²) in [5.74, 6) is 0. The number of sulfonamides is 1. The van der Waals surface area contributed by atoms with Gasteiger partial charge < -0.3 is 0 Å². The summed E-state index contributed by atoms with van der Waals surface area (Å²) in [6.07, 6.45) is 0. The first-order valence-electron chi connectivity index (χ1n) is 6.25. The molecule has 0 amide bonds. The van der Waals surface area contributed by atoms with E-state index in [1.165, 1.54) is 6.07 Å². The molecule has 0 bridgehead atoms. The molecule has 0 aliphatic carbocycles. The Morgan fingerprint density at radius 2 is 1.86 bits per heavy atom. The minimum Gasteiger partial charge on any atom is -0.279 e. The van der Waals surface area contributed by atoms with Gasteiger partial charge in [-0.2, -0.15) is 0 Å². The second-order valence-corrected chi connectivity index (χ2v) is 6.81. The summed E-state index contributed by atoms with van der Waals surface area (Å²) in [4.78, 5) is 9.85. The van der Waals surface area contributed by atoms with E-state index in [4.69, 9.17) is 11.6 Å². The lowest BCUT2D eigenvalue weighted by molar-refractivity contribution is -0.387. The lowest BCUT2D eigenvalue weighted by Crippen LogP contribution is -2.15. The van der Waals surface area contributed by atoms with Gasteiger partial charge in [0.1, 0.15) is 0 Å². The lowest BCUT2D eigenvalue weighted by Gasteiger charge is -2.12. The molecule has 0 aromatic heterocycles. The van der Waals surface area contributed by atoms with E-state index in [9.17, 15) is 18.5 Å². The zero-order valence-corrected chi connectivity index (χ0v) is 13.4. The highest BCUT2D eigenvalue weighted by atomic mass is 35.5. The van der Waals surface area contributed by atoms with E-state index in [1.807, 2.05) is 13.0 Å². The first kappa shape index (κ1) is 16.3. The highest BCUT2D eigenvalue weighted by molar-refractivity contribution is 7.92. The molecule has 0 unspecified atom stereocenters. The predicted molar refractivity (Wildman–Crippen MR) is 84.8 cm³/mol. The zero-order chi connectivity index (χ0) is 16.5. The molecule has 1 N–H and O–H groups in total. The number of anilines is 1. The number of benzene rings is 2. The van der Waals surface area contributed by atoms with Crippen LogP contribution >= 0.6 is 11.6 Å². The van der Waals surface area contributed by atoms with E-state index in [0.717, 1.165) is 23.3 Å². The third kappa shape index (κ3) is 3.20. The summed E-state index contributed by atoms with van der Waals surface area (Å²) in [7, 11) is -4.10. The molecule has 2 aromatic carbocycles. The van der Waals surface area contributed by atoms with Gasteiger partial charge in [-0.05, 0) is 43.2 Å². The number of halogens is 1. The van der Waals surface area contributed by atoms with Gasteiger partial charge in [-0.3, -0.25) is 14.8 Å². The molecular weight excluding hydrogens is 328 g/mol. The van der Waals surface area contributed by atoms with Crippen LogP contribution in [0.4, 0.5) is 11.4 Å². The SMILES string of the molecule is Cc1cccc(NS(=O)(=O)c2ccc(Cl)cc2[N+](=O)[O-])c1C. The maximum absolute atomic E-state index is 12.4. The third-order valence-corrected chi connectivity index (χ3v) is 4.90. The minimum atomic E-state index is -4.10. The van der Waals surface area contributed by atoms with Crippen LogP contribution in [0.5, 0.6) is 0 Å². The Morgan fingerprint density at radius 1 is 1.18 bits per heavy atom. The Labute approximate surface area is 132 Å². The van der Waals surface area contributed by atoms with Crippen LogP contribution in [-0.2, 0) is 10.0 Å². The largest absolute Gasteiger partial charge is 0.291 e. The van der Waals surface area contributed by atoms with Crippen LogP contribution in [0.2, 0.25) is 5.02 Å². The van der Waals surface area contributed by atoms with Gasteiger partial charge in [0.05, 0.1) is 10.6 Å². The molecule has 22 heavy (non-hydrogen) atoms. The summed E-state index contributed by atoms with van der Waals surface area (Å²) >= 11 is 5.70. The second-order valence-electron chi connectivity index (χ2n) is 4.72. The van der Waals surface area contributed by atoms with Gasteiger partial charge >= 0.3 is 0 Å². The monoisotopic (exact) mass is 340 g/mol. The van der Waals surface area contributed by atoms with Gasteiger partial charge in [0, 0.05) is 11.1 Å². The average molecular weight is 341 g/mol. The quantitative estimate of drug-likeness (QED) is 0.679. The summed E-state index contributed by atoms with van der Waals surface area (Å²) in [6, 6.07) is 8.58. The van der Waals surface area contributed by atoms with E-state index in [2.05, 4.69) is 4.72 Å². The second kappa shape index (κ2) is 5.94. The van der Waals surface area contributed by atoms with Crippen molar-refractivity contribution in [1.82, 2.24) is 0 Å². The van der Waals surface area contributed by atoms with Crippen LogP contribution < -0.4 is 4.72 Å². The van der Waals surface area contributed by atoms with E-state index in [-0.39, 0.29) is 5.02 Å². The Bertz CT molecular complexity index is 850. The number of nitro benzene ring substituents is 1. The molecule has 0 saturated heterocycles. The van der Waals surface area contributed by atoms with Gasteiger partial charge in [-0.15, -0.1) is 0 Å². The number of nitrogens with zero attached hydrogens (tertiary/aromatic N) is 1. The smallest absolute Gasteiger partial charge is 0.279 e. The topological polar surface area (TPSA) is 89.3 Å². The Morgan fingerprint density at radius 3 is 2.50 bits per heavy atom. The maximum Gasteiger partial charge on any atom is 0.291 e. The molecule has 8 heteroatoms. The Kier molecular flexibility index (Phi) is 4.39. The molecule has 0 radical (unpaired) electrons. The summed E-state index contributed by atoms with van der Waals surface area (Å²) in [5, 5.41) is 11.1. The fraction of sp³-hybridized carbons (Fsp3) is 0.143. The minimum absolute atomic E-state index is 0.0948. The van der Waals surface area contributed by atoms with Gasteiger partial charge in [0.25, 0.3) is 15.7 Å². The normalized spacial score (nSPS) is 11.2. The van der Waals surface area contributed by atoms with Crippen molar-refractivity contribution >= 4 is 33.0 Å². The summed E-state index contributed by atoms with van der Waals surface area (Å²) < 4.78 is 27.3. The molecule has 0 heterocycles. The highest BCUT2D eigenvalue weighted by Gasteiger charge is 2.26. The fourth-order valence-electron chi connectivity index (χ4n) is 1.92. The van der Waals surface area contributed by atoms with Crippen LogP contribution in [-0.4, -0.2) is 13.3 Å². The van der Waals surface area contributed by atoms with E-state index in [1.54, 1.807) is 19.1 Å². The molecule has 0 aliphatic heterocycles. The van der Waals surface area contributed by atoms with Crippen LogP contribution in [0, 0.1) is 24.0 Å². The first-order valence-corrected chi connectivity index (χ1v) is 8.11. The molecule has 0 atom stereocenters.